The number of carbonyl (C=O) groups excluding carboxylic acids is 1. The summed E-state index contributed by atoms with van der Waals surface area (Å²) >= 11 is 5.80. The quantitative estimate of drug-likeness (QED) is 0.378. The van der Waals surface area contributed by atoms with E-state index in [1.165, 1.54) is 49.6 Å². The summed E-state index contributed by atoms with van der Waals surface area (Å²) in [5, 5.41) is 0.404. The van der Waals surface area contributed by atoms with Crippen LogP contribution in [0.25, 0.3) is 6.08 Å². The second-order valence-corrected chi connectivity index (χ2v) is 8.68. The fraction of sp³-hybridized carbons (Fsp3) is 0.0870. The molecule has 0 N–H and O–H groups in total. The standard InChI is InChI=1S/C23H17ClO7S/c1-28-16-6-3-14(20(12-16)29-2)11-22-23(25)19-10-7-17(13-21(19)30-22)31-32(26,27)18-8-4-15(24)5-9-18/h3-13H,1-2H3. The number of ether oxygens (including phenoxy) is 3. The summed E-state index contributed by atoms with van der Waals surface area (Å²) < 4.78 is 46.4. The monoisotopic (exact) mass is 472 g/mol. The minimum Gasteiger partial charge on any atom is -0.497 e. The molecule has 164 valence electrons. The Hall–Kier alpha value is -3.49. The molecule has 0 bridgehead atoms. The summed E-state index contributed by atoms with van der Waals surface area (Å²) in [4.78, 5) is 12.7. The molecule has 1 aliphatic heterocycles. The summed E-state index contributed by atoms with van der Waals surface area (Å²) in [6, 6.07) is 14.9. The van der Waals surface area contributed by atoms with Crippen molar-refractivity contribution in [3.63, 3.8) is 0 Å². The fourth-order valence-corrected chi connectivity index (χ4v) is 4.12. The van der Waals surface area contributed by atoms with E-state index < -0.39 is 10.1 Å². The molecule has 0 unspecified atom stereocenters. The van der Waals surface area contributed by atoms with Crippen molar-refractivity contribution in [2.45, 2.75) is 4.90 Å². The summed E-state index contributed by atoms with van der Waals surface area (Å²) in [5.74, 6) is 1.04. The van der Waals surface area contributed by atoms with Gasteiger partial charge in [0.25, 0.3) is 0 Å². The number of methoxy groups -OCH3 is 2. The lowest BCUT2D eigenvalue weighted by Crippen LogP contribution is -2.09. The van der Waals surface area contributed by atoms with E-state index in [2.05, 4.69) is 0 Å². The van der Waals surface area contributed by atoms with Gasteiger partial charge < -0.3 is 18.4 Å². The molecule has 0 amide bonds. The van der Waals surface area contributed by atoms with Crippen molar-refractivity contribution in [2.75, 3.05) is 14.2 Å². The number of carbonyl (C=O) groups is 1. The van der Waals surface area contributed by atoms with E-state index in [4.69, 9.17) is 30.0 Å². The number of hydrogen-bond donors (Lipinski definition) is 0. The van der Waals surface area contributed by atoms with E-state index in [0.29, 0.717) is 27.6 Å². The molecule has 0 radical (unpaired) electrons. The highest BCUT2D eigenvalue weighted by molar-refractivity contribution is 7.87. The van der Waals surface area contributed by atoms with Crippen molar-refractivity contribution < 1.29 is 31.6 Å². The first-order chi connectivity index (χ1) is 15.3. The highest BCUT2D eigenvalue weighted by atomic mass is 35.5. The predicted octanol–water partition coefficient (Wildman–Crippen LogP) is 4.74. The van der Waals surface area contributed by atoms with Crippen LogP contribution in [0.1, 0.15) is 15.9 Å². The lowest BCUT2D eigenvalue weighted by Gasteiger charge is -2.08. The molecule has 0 saturated carbocycles. The molecule has 3 aromatic rings. The Morgan fingerprint density at radius 3 is 2.31 bits per heavy atom. The van der Waals surface area contributed by atoms with E-state index in [9.17, 15) is 13.2 Å². The van der Waals surface area contributed by atoms with E-state index >= 15 is 0 Å². The second kappa shape index (κ2) is 8.57. The molecular weight excluding hydrogens is 456 g/mol. The first-order valence-corrected chi connectivity index (χ1v) is 11.1. The van der Waals surface area contributed by atoms with Gasteiger partial charge in [-0.3, -0.25) is 4.79 Å². The fourth-order valence-electron chi connectivity index (χ4n) is 3.07. The zero-order valence-corrected chi connectivity index (χ0v) is 18.6. The highest BCUT2D eigenvalue weighted by Gasteiger charge is 2.29. The van der Waals surface area contributed by atoms with E-state index in [1.54, 1.807) is 31.4 Å². The second-order valence-electron chi connectivity index (χ2n) is 6.70. The minimum atomic E-state index is -4.08. The number of benzene rings is 3. The van der Waals surface area contributed by atoms with Crippen molar-refractivity contribution in [3.05, 3.63) is 82.6 Å². The van der Waals surface area contributed by atoms with Gasteiger partial charge >= 0.3 is 10.1 Å². The molecule has 32 heavy (non-hydrogen) atoms. The van der Waals surface area contributed by atoms with Crippen molar-refractivity contribution >= 4 is 33.6 Å². The maximum atomic E-state index is 12.7. The van der Waals surface area contributed by atoms with Crippen LogP contribution in [0.3, 0.4) is 0 Å². The van der Waals surface area contributed by atoms with E-state index in [1.807, 2.05) is 0 Å². The lowest BCUT2D eigenvalue weighted by molar-refractivity contribution is 0.101. The van der Waals surface area contributed by atoms with Crippen LogP contribution in [0.5, 0.6) is 23.0 Å². The first-order valence-electron chi connectivity index (χ1n) is 9.31. The van der Waals surface area contributed by atoms with E-state index in [0.717, 1.165) is 0 Å². The van der Waals surface area contributed by atoms with Crippen LogP contribution in [0.15, 0.2) is 71.3 Å². The number of fused-ring (bicyclic) bond motifs is 1. The van der Waals surface area contributed by atoms with Crippen LogP contribution < -0.4 is 18.4 Å². The van der Waals surface area contributed by atoms with Gasteiger partial charge in [0, 0.05) is 22.7 Å². The Labute approximate surface area is 189 Å². The normalized spacial score (nSPS) is 14.1. The van der Waals surface area contributed by atoms with Crippen LogP contribution in [0, 0.1) is 0 Å². The number of hydrogen-bond acceptors (Lipinski definition) is 7. The number of ketones is 1. The Balaban J connectivity index is 1.60. The average molecular weight is 473 g/mol. The maximum absolute atomic E-state index is 12.7. The van der Waals surface area contributed by atoms with Gasteiger partial charge in [0.2, 0.25) is 5.78 Å². The smallest absolute Gasteiger partial charge is 0.339 e. The SMILES string of the molecule is COc1ccc(C=C2Oc3cc(OS(=O)(=O)c4ccc(Cl)cc4)ccc3C2=O)c(OC)c1. The van der Waals surface area contributed by atoms with Gasteiger partial charge in [-0.15, -0.1) is 0 Å². The van der Waals surface area contributed by atoms with Crippen molar-refractivity contribution in [2.24, 2.45) is 0 Å². The third-order valence-electron chi connectivity index (χ3n) is 4.68. The molecule has 9 heteroatoms. The minimum absolute atomic E-state index is 0.00905. The van der Waals surface area contributed by atoms with Gasteiger partial charge in [0.15, 0.2) is 5.76 Å². The zero-order chi connectivity index (χ0) is 22.9. The molecule has 1 heterocycles. The van der Waals surface area contributed by atoms with Gasteiger partial charge in [0.05, 0.1) is 19.8 Å². The third-order valence-corrected chi connectivity index (χ3v) is 6.19. The van der Waals surface area contributed by atoms with Gasteiger partial charge in [-0.25, -0.2) is 0 Å². The first kappa shape index (κ1) is 21.7. The highest BCUT2D eigenvalue weighted by Crippen LogP contribution is 2.37. The van der Waals surface area contributed by atoms with Crippen molar-refractivity contribution in [1.82, 2.24) is 0 Å². The zero-order valence-electron chi connectivity index (χ0n) is 17.0. The number of allylic oxidation sites excluding steroid dienone is 1. The van der Waals surface area contributed by atoms with Gasteiger partial charge in [-0.1, -0.05) is 11.6 Å². The third kappa shape index (κ3) is 4.28. The van der Waals surface area contributed by atoms with Crippen LogP contribution >= 0.6 is 11.6 Å². The molecular formula is C23H17ClO7S. The van der Waals surface area contributed by atoms with Crippen molar-refractivity contribution in [3.8, 4) is 23.0 Å². The average Bonchev–Trinajstić information content (AvgIpc) is 3.08. The molecule has 0 spiro atoms. The topological polar surface area (TPSA) is 88.1 Å². The van der Waals surface area contributed by atoms with Crippen LogP contribution in [-0.4, -0.2) is 28.4 Å². The van der Waals surface area contributed by atoms with Gasteiger partial charge in [-0.05, 0) is 54.6 Å². The molecule has 0 aliphatic carbocycles. The van der Waals surface area contributed by atoms with Crippen molar-refractivity contribution in [1.29, 1.82) is 0 Å². The molecule has 7 nitrogen and oxygen atoms in total. The molecule has 0 saturated heterocycles. The Morgan fingerprint density at radius 2 is 1.62 bits per heavy atom. The van der Waals surface area contributed by atoms with Crippen LogP contribution in [0.2, 0.25) is 5.02 Å². The summed E-state index contributed by atoms with van der Waals surface area (Å²) in [6.45, 7) is 0. The summed E-state index contributed by atoms with van der Waals surface area (Å²) in [5.41, 5.74) is 0.909. The predicted molar refractivity (Wildman–Crippen MR) is 118 cm³/mol. The number of halogens is 1. The summed E-state index contributed by atoms with van der Waals surface area (Å²) in [7, 11) is -1.03. The lowest BCUT2D eigenvalue weighted by atomic mass is 10.1. The number of Topliss-reactive ketones (excluding diaryl/α,β-unsaturated/α-hetero) is 1. The van der Waals surface area contributed by atoms with Crippen LogP contribution in [-0.2, 0) is 10.1 Å². The molecule has 0 aromatic heterocycles. The number of rotatable bonds is 6. The van der Waals surface area contributed by atoms with Crippen LogP contribution in [0.4, 0.5) is 0 Å². The largest absolute Gasteiger partial charge is 0.497 e. The molecule has 0 fully saturated rings. The Morgan fingerprint density at radius 1 is 0.906 bits per heavy atom. The van der Waals surface area contributed by atoms with E-state index in [-0.39, 0.29) is 27.9 Å². The molecule has 0 atom stereocenters. The maximum Gasteiger partial charge on any atom is 0.339 e. The molecule has 3 aromatic carbocycles. The summed E-state index contributed by atoms with van der Waals surface area (Å²) in [6.07, 6.45) is 1.55. The Bertz CT molecular complexity index is 1330. The molecule has 4 rings (SSSR count). The Kier molecular flexibility index (Phi) is 5.82. The molecule has 1 aliphatic rings. The van der Waals surface area contributed by atoms with Gasteiger partial charge in [-0.2, -0.15) is 8.42 Å². The van der Waals surface area contributed by atoms with Gasteiger partial charge in [0.1, 0.15) is 27.9 Å².